The molecule has 1 saturated carbocycles. The van der Waals surface area contributed by atoms with Gasteiger partial charge in [0.15, 0.2) is 0 Å². The highest BCUT2D eigenvalue weighted by Gasteiger charge is 2.44. The molecule has 1 aliphatic rings. The second kappa shape index (κ2) is 7.09. The third-order valence-electron chi connectivity index (χ3n) is 4.33. The summed E-state index contributed by atoms with van der Waals surface area (Å²) in [6, 6.07) is 19.9. The molecule has 0 heterocycles. The number of rotatable bonds is 7. The van der Waals surface area contributed by atoms with Crippen molar-refractivity contribution < 1.29 is 9.00 Å². The molecule has 0 aliphatic heterocycles. The molecule has 2 aromatic carbocycles. The molecule has 1 atom stereocenters. The van der Waals surface area contributed by atoms with Crippen LogP contribution in [0.1, 0.15) is 24.0 Å². The maximum atomic E-state index is 12.1. The Labute approximate surface area is 139 Å². The Kier molecular flexibility index (Phi) is 4.91. The molecule has 3 rings (SSSR count). The molecule has 0 aromatic heterocycles. The third-order valence-corrected chi connectivity index (χ3v) is 5.57. The minimum absolute atomic E-state index is 0.0692. The van der Waals surface area contributed by atoms with Crippen molar-refractivity contribution in [3.05, 3.63) is 71.8 Å². The van der Waals surface area contributed by atoms with Gasteiger partial charge in [-0.05, 0) is 24.0 Å². The molecule has 2 aromatic rings. The van der Waals surface area contributed by atoms with Gasteiger partial charge >= 0.3 is 0 Å². The summed E-state index contributed by atoms with van der Waals surface area (Å²) >= 11 is 0. The van der Waals surface area contributed by atoms with Crippen molar-refractivity contribution in [1.82, 2.24) is 5.32 Å². The number of benzene rings is 2. The number of hydrogen-bond acceptors (Lipinski definition) is 2. The van der Waals surface area contributed by atoms with Gasteiger partial charge in [0.2, 0.25) is 5.91 Å². The lowest BCUT2D eigenvalue weighted by molar-refractivity contribution is -0.118. The molecular formula is C19H21NO2S. The molecular weight excluding hydrogens is 306 g/mol. The SMILES string of the molecule is O=C(CS(=O)Cc1ccccc1)NCC1(c2ccccc2)CC1. The number of carbonyl (C=O) groups excluding carboxylic acids is 1. The smallest absolute Gasteiger partial charge is 0.232 e. The van der Waals surface area contributed by atoms with E-state index in [1.807, 2.05) is 48.5 Å². The molecule has 1 N–H and O–H groups in total. The van der Waals surface area contributed by atoms with Crippen LogP contribution in [0.5, 0.6) is 0 Å². The van der Waals surface area contributed by atoms with E-state index in [0.717, 1.165) is 18.4 Å². The molecule has 23 heavy (non-hydrogen) atoms. The Balaban J connectivity index is 1.48. The highest BCUT2D eigenvalue weighted by atomic mass is 32.2. The Morgan fingerprint density at radius 3 is 2.22 bits per heavy atom. The summed E-state index contributed by atoms with van der Waals surface area (Å²) in [5.74, 6) is 0.374. The molecule has 3 nitrogen and oxygen atoms in total. The summed E-state index contributed by atoms with van der Waals surface area (Å²) < 4.78 is 12.1. The second-order valence-electron chi connectivity index (χ2n) is 6.14. The van der Waals surface area contributed by atoms with Crippen LogP contribution in [0.4, 0.5) is 0 Å². The minimum atomic E-state index is -1.17. The zero-order valence-corrected chi connectivity index (χ0v) is 13.9. The summed E-state index contributed by atoms with van der Waals surface area (Å²) in [6.45, 7) is 0.637. The fourth-order valence-corrected chi connectivity index (χ4v) is 3.85. The summed E-state index contributed by atoms with van der Waals surface area (Å²) in [5, 5.41) is 2.97. The van der Waals surface area contributed by atoms with Gasteiger partial charge in [0.05, 0.1) is 0 Å². The Morgan fingerprint density at radius 1 is 1.00 bits per heavy atom. The quantitative estimate of drug-likeness (QED) is 0.850. The number of nitrogens with one attached hydrogen (secondary N) is 1. The summed E-state index contributed by atoms with van der Waals surface area (Å²) in [6.07, 6.45) is 2.20. The van der Waals surface area contributed by atoms with Crippen LogP contribution in [0, 0.1) is 0 Å². The molecule has 0 spiro atoms. The van der Waals surface area contributed by atoms with Crippen molar-refractivity contribution >= 4 is 16.7 Å². The van der Waals surface area contributed by atoms with Crippen LogP contribution in [0.2, 0.25) is 0 Å². The molecule has 0 saturated heterocycles. The fraction of sp³-hybridized carbons (Fsp3) is 0.316. The normalized spacial score (nSPS) is 16.5. The van der Waals surface area contributed by atoms with Crippen LogP contribution in [-0.2, 0) is 26.8 Å². The van der Waals surface area contributed by atoms with E-state index >= 15 is 0 Å². The van der Waals surface area contributed by atoms with Gasteiger partial charge in [0.25, 0.3) is 0 Å². The van der Waals surface area contributed by atoms with Gasteiger partial charge < -0.3 is 5.32 Å². The van der Waals surface area contributed by atoms with Gasteiger partial charge in [-0.3, -0.25) is 9.00 Å². The van der Waals surface area contributed by atoms with Crippen LogP contribution >= 0.6 is 0 Å². The maximum absolute atomic E-state index is 12.1. The van der Waals surface area contributed by atoms with E-state index < -0.39 is 10.8 Å². The zero-order chi connectivity index (χ0) is 16.1. The zero-order valence-electron chi connectivity index (χ0n) is 13.0. The number of carbonyl (C=O) groups is 1. The second-order valence-corrected chi connectivity index (χ2v) is 7.59. The fourth-order valence-electron chi connectivity index (χ4n) is 2.79. The highest BCUT2D eigenvalue weighted by Crippen LogP contribution is 2.47. The molecule has 4 heteroatoms. The summed E-state index contributed by atoms with van der Waals surface area (Å²) in [7, 11) is -1.17. The van der Waals surface area contributed by atoms with Crippen molar-refractivity contribution in [2.45, 2.75) is 24.0 Å². The molecule has 120 valence electrons. The van der Waals surface area contributed by atoms with Crippen molar-refractivity contribution in [2.24, 2.45) is 0 Å². The first kappa shape index (κ1) is 15.9. The van der Waals surface area contributed by atoms with E-state index in [1.54, 1.807) is 0 Å². The van der Waals surface area contributed by atoms with Crippen LogP contribution in [-0.4, -0.2) is 22.4 Å². The predicted molar refractivity (Wildman–Crippen MR) is 93.5 cm³/mol. The lowest BCUT2D eigenvalue weighted by Gasteiger charge is -2.16. The minimum Gasteiger partial charge on any atom is -0.354 e. The average Bonchev–Trinajstić information content (AvgIpc) is 3.36. The van der Waals surface area contributed by atoms with Crippen LogP contribution in [0.25, 0.3) is 0 Å². The van der Waals surface area contributed by atoms with E-state index in [9.17, 15) is 9.00 Å². The first-order valence-corrected chi connectivity index (χ1v) is 9.38. The first-order chi connectivity index (χ1) is 11.2. The van der Waals surface area contributed by atoms with Crippen molar-refractivity contribution in [2.75, 3.05) is 12.3 Å². The monoisotopic (exact) mass is 327 g/mol. The third kappa shape index (κ3) is 4.29. The van der Waals surface area contributed by atoms with Crippen LogP contribution in [0.15, 0.2) is 60.7 Å². The maximum Gasteiger partial charge on any atom is 0.232 e. The number of hydrogen-bond donors (Lipinski definition) is 1. The van der Waals surface area contributed by atoms with Gasteiger partial charge in [-0.25, -0.2) is 0 Å². The lowest BCUT2D eigenvalue weighted by Crippen LogP contribution is -2.35. The van der Waals surface area contributed by atoms with Crippen LogP contribution < -0.4 is 5.32 Å². The van der Waals surface area contributed by atoms with Gasteiger partial charge in [0.1, 0.15) is 5.75 Å². The van der Waals surface area contributed by atoms with Gasteiger partial charge in [0, 0.05) is 28.5 Å². The first-order valence-electron chi connectivity index (χ1n) is 7.89. The van der Waals surface area contributed by atoms with Gasteiger partial charge in [-0.1, -0.05) is 60.7 Å². The molecule has 1 amide bonds. The molecule has 1 aliphatic carbocycles. The van der Waals surface area contributed by atoms with Crippen molar-refractivity contribution in [3.8, 4) is 0 Å². The van der Waals surface area contributed by atoms with Gasteiger partial charge in [-0.15, -0.1) is 0 Å². The standard InChI is InChI=1S/C19H21NO2S/c21-18(14-23(22)13-16-7-3-1-4-8-16)20-15-19(11-12-19)17-9-5-2-6-10-17/h1-10H,11-15H2,(H,20,21). The Bertz CT molecular complexity index is 681. The van der Waals surface area contributed by atoms with E-state index in [2.05, 4.69) is 17.4 Å². The van der Waals surface area contributed by atoms with E-state index in [4.69, 9.17) is 0 Å². The Morgan fingerprint density at radius 2 is 1.61 bits per heavy atom. The Hall–Kier alpha value is -1.94. The molecule has 0 radical (unpaired) electrons. The highest BCUT2D eigenvalue weighted by molar-refractivity contribution is 7.84. The summed E-state index contributed by atoms with van der Waals surface area (Å²) in [4.78, 5) is 12.0. The molecule has 1 fully saturated rings. The van der Waals surface area contributed by atoms with Gasteiger partial charge in [-0.2, -0.15) is 0 Å². The average molecular weight is 327 g/mol. The van der Waals surface area contributed by atoms with Crippen molar-refractivity contribution in [1.29, 1.82) is 0 Å². The summed E-state index contributed by atoms with van der Waals surface area (Å²) in [5.41, 5.74) is 2.38. The molecule has 0 bridgehead atoms. The van der Waals surface area contributed by atoms with Crippen molar-refractivity contribution in [3.63, 3.8) is 0 Å². The van der Waals surface area contributed by atoms with E-state index in [-0.39, 0.29) is 17.1 Å². The topological polar surface area (TPSA) is 46.2 Å². The van der Waals surface area contributed by atoms with E-state index in [1.165, 1.54) is 5.56 Å². The van der Waals surface area contributed by atoms with E-state index in [0.29, 0.717) is 12.3 Å². The number of amides is 1. The largest absolute Gasteiger partial charge is 0.354 e. The lowest BCUT2D eigenvalue weighted by atomic mass is 9.96. The predicted octanol–water partition coefficient (Wildman–Crippen LogP) is 2.78. The van der Waals surface area contributed by atoms with Crippen LogP contribution in [0.3, 0.4) is 0 Å². The molecule has 1 unspecified atom stereocenters.